The van der Waals surface area contributed by atoms with E-state index >= 15 is 0 Å². The molecule has 0 heterocycles. The molecule has 1 aliphatic rings. The lowest BCUT2D eigenvalue weighted by Crippen LogP contribution is -2.16. The predicted octanol–water partition coefficient (Wildman–Crippen LogP) is 5.16. The summed E-state index contributed by atoms with van der Waals surface area (Å²) < 4.78 is 0. The molecule has 0 saturated carbocycles. The molecule has 2 heteroatoms. The molecule has 124 valence electrons. The third-order valence-corrected chi connectivity index (χ3v) is 7.22. The molecule has 0 spiro atoms. The van der Waals surface area contributed by atoms with Gasteiger partial charge in [-0.15, -0.1) is 0 Å². The van der Waals surface area contributed by atoms with Crippen molar-refractivity contribution in [1.29, 1.82) is 0 Å². The van der Waals surface area contributed by atoms with Gasteiger partial charge in [-0.3, -0.25) is 0 Å². The van der Waals surface area contributed by atoms with Crippen molar-refractivity contribution in [3.63, 3.8) is 0 Å². The Bertz CT molecular complexity index is 957. The first-order valence-corrected chi connectivity index (χ1v) is 11.6. The summed E-state index contributed by atoms with van der Waals surface area (Å²) in [5, 5.41) is 1.36. The molecule has 4 rings (SSSR count). The Hall–Kier alpha value is -2.09. The topological polar surface area (TPSA) is 0 Å². The van der Waals surface area contributed by atoms with Crippen molar-refractivity contribution in [3.8, 4) is 11.1 Å². The van der Waals surface area contributed by atoms with Crippen molar-refractivity contribution in [3.05, 3.63) is 94.6 Å². The van der Waals surface area contributed by atoms with Gasteiger partial charge in [0.1, 0.15) is 0 Å². The van der Waals surface area contributed by atoms with Gasteiger partial charge >= 0.3 is 0 Å². The van der Waals surface area contributed by atoms with Crippen LogP contribution in [0.25, 0.3) is 17.2 Å². The Labute approximate surface area is 156 Å². The van der Waals surface area contributed by atoms with Gasteiger partial charge in [0.2, 0.25) is 0 Å². The summed E-state index contributed by atoms with van der Waals surface area (Å²) in [6.07, 6.45) is 2.37. The van der Waals surface area contributed by atoms with Gasteiger partial charge in [-0.1, -0.05) is 78.4 Å². The van der Waals surface area contributed by atoms with Gasteiger partial charge in [0, 0.05) is 5.92 Å². The van der Waals surface area contributed by atoms with Crippen LogP contribution in [0.1, 0.15) is 35.1 Å². The second-order valence-electron chi connectivity index (χ2n) is 6.76. The SMILES string of the molecule is CC1=Cc2c(-c3ccccc3)cccc2C1c1cccc([SiH2]Cl)c1C. The van der Waals surface area contributed by atoms with Crippen LogP contribution >= 0.6 is 11.1 Å². The van der Waals surface area contributed by atoms with E-state index in [1.807, 2.05) is 0 Å². The summed E-state index contributed by atoms with van der Waals surface area (Å²) in [7, 11) is -0.675. The highest BCUT2D eigenvalue weighted by Gasteiger charge is 2.27. The maximum absolute atomic E-state index is 6.28. The van der Waals surface area contributed by atoms with Gasteiger partial charge in [-0.2, -0.15) is 11.1 Å². The maximum atomic E-state index is 6.28. The number of halogens is 1. The standard InChI is InChI=1S/C23H21ClSi/c1-15-14-21-19(17-8-4-3-5-9-17)11-6-12-20(21)23(15)18-10-7-13-22(25-24)16(18)2/h3-14,23H,25H2,1-2H3. The average Bonchev–Trinajstić information content (AvgIpc) is 2.98. The largest absolute Gasteiger partial charge is 0.170 e. The van der Waals surface area contributed by atoms with E-state index in [0.717, 1.165) is 0 Å². The molecule has 0 fully saturated rings. The molecule has 0 saturated heterocycles. The van der Waals surface area contributed by atoms with Crippen LogP contribution in [0.15, 0.2) is 72.3 Å². The summed E-state index contributed by atoms with van der Waals surface area (Å²) in [4.78, 5) is 0. The molecule has 0 aliphatic heterocycles. The zero-order valence-electron chi connectivity index (χ0n) is 14.6. The molecule has 0 amide bonds. The van der Waals surface area contributed by atoms with Crippen molar-refractivity contribution in [2.75, 3.05) is 0 Å². The first-order valence-electron chi connectivity index (χ1n) is 8.71. The van der Waals surface area contributed by atoms with Crippen LogP contribution in [0, 0.1) is 6.92 Å². The summed E-state index contributed by atoms with van der Waals surface area (Å²) >= 11 is 6.28. The molecule has 0 nitrogen and oxygen atoms in total. The lowest BCUT2D eigenvalue weighted by atomic mass is 9.85. The fourth-order valence-electron chi connectivity index (χ4n) is 4.00. The van der Waals surface area contributed by atoms with Crippen molar-refractivity contribution < 1.29 is 0 Å². The Morgan fingerprint density at radius 2 is 1.52 bits per heavy atom. The molecule has 0 aromatic heterocycles. The van der Waals surface area contributed by atoms with Crippen LogP contribution in [0.3, 0.4) is 0 Å². The normalized spacial score (nSPS) is 16.3. The molecule has 25 heavy (non-hydrogen) atoms. The van der Waals surface area contributed by atoms with E-state index in [4.69, 9.17) is 11.1 Å². The molecule has 0 radical (unpaired) electrons. The second-order valence-corrected chi connectivity index (χ2v) is 8.59. The number of hydrogen-bond acceptors (Lipinski definition) is 0. The summed E-state index contributed by atoms with van der Waals surface area (Å²) in [6.45, 7) is 4.48. The molecule has 3 aromatic rings. The van der Waals surface area contributed by atoms with Crippen molar-refractivity contribution in [2.24, 2.45) is 0 Å². The van der Waals surface area contributed by atoms with E-state index in [1.165, 1.54) is 44.1 Å². The molecular weight excluding hydrogens is 340 g/mol. The Morgan fingerprint density at radius 3 is 2.28 bits per heavy atom. The Kier molecular flexibility index (Phi) is 4.37. The summed E-state index contributed by atoms with van der Waals surface area (Å²) in [5.74, 6) is 0.343. The van der Waals surface area contributed by atoms with E-state index in [2.05, 4.69) is 86.7 Å². The maximum Gasteiger partial charge on any atom is 0.156 e. The Balaban J connectivity index is 1.89. The number of benzene rings is 3. The van der Waals surface area contributed by atoms with E-state index in [-0.39, 0.29) is 0 Å². The van der Waals surface area contributed by atoms with Crippen LogP contribution in [0.2, 0.25) is 0 Å². The summed E-state index contributed by atoms with van der Waals surface area (Å²) in [6, 6.07) is 24.0. The van der Waals surface area contributed by atoms with Crippen molar-refractivity contribution >= 4 is 31.2 Å². The van der Waals surface area contributed by atoms with Crippen LogP contribution in [-0.4, -0.2) is 8.83 Å². The van der Waals surface area contributed by atoms with E-state index in [9.17, 15) is 0 Å². The second kappa shape index (κ2) is 6.66. The van der Waals surface area contributed by atoms with E-state index in [1.54, 1.807) is 0 Å². The number of rotatable bonds is 3. The molecule has 0 bridgehead atoms. The van der Waals surface area contributed by atoms with Gasteiger partial charge in [-0.25, -0.2) is 0 Å². The van der Waals surface area contributed by atoms with Crippen LogP contribution in [0.5, 0.6) is 0 Å². The van der Waals surface area contributed by atoms with Gasteiger partial charge in [0.15, 0.2) is 8.83 Å². The zero-order chi connectivity index (χ0) is 17.4. The highest BCUT2D eigenvalue weighted by Crippen LogP contribution is 2.44. The number of fused-ring (bicyclic) bond motifs is 1. The van der Waals surface area contributed by atoms with Crippen LogP contribution in [0.4, 0.5) is 0 Å². The summed E-state index contributed by atoms with van der Waals surface area (Å²) in [5.41, 5.74) is 9.57. The van der Waals surface area contributed by atoms with Gasteiger partial charge < -0.3 is 0 Å². The predicted molar refractivity (Wildman–Crippen MR) is 113 cm³/mol. The van der Waals surface area contributed by atoms with Crippen molar-refractivity contribution in [2.45, 2.75) is 19.8 Å². The number of hydrogen-bond donors (Lipinski definition) is 0. The monoisotopic (exact) mass is 360 g/mol. The molecule has 1 atom stereocenters. The van der Waals surface area contributed by atoms with Gasteiger partial charge in [-0.05, 0) is 52.4 Å². The average molecular weight is 361 g/mol. The molecule has 1 aliphatic carbocycles. The van der Waals surface area contributed by atoms with Crippen molar-refractivity contribution in [1.82, 2.24) is 0 Å². The third kappa shape index (κ3) is 2.78. The third-order valence-electron chi connectivity index (χ3n) is 5.31. The minimum Gasteiger partial charge on any atom is -0.170 e. The fourth-order valence-corrected chi connectivity index (χ4v) is 5.49. The lowest BCUT2D eigenvalue weighted by molar-refractivity contribution is 0.965. The van der Waals surface area contributed by atoms with Crippen LogP contribution in [-0.2, 0) is 0 Å². The lowest BCUT2D eigenvalue weighted by Gasteiger charge is -2.20. The van der Waals surface area contributed by atoms with E-state index in [0.29, 0.717) is 5.92 Å². The smallest absolute Gasteiger partial charge is 0.156 e. The van der Waals surface area contributed by atoms with Crippen LogP contribution < -0.4 is 5.19 Å². The molecule has 0 N–H and O–H groups in total. The molecular formula is C23H21ClSi. The minimum absolute atomic E-state index is 0.343. The first-order chi connectivity index (χ1) is 12.2. The highest BCUT2D eigenvalue weighted by molar-refractivity contribution is 7.01. The minimum atomic E-state index is -0.675. The van der Waals surface area contributed by atoms with Gasteiger partial charge in [0.05, 0.1) is 0 Å². The zero-order valence-corrected chi connectivity index (χ0v) is 16.8. The van der Waals surface area contributed by atoms with E-state index < -0.39 is 8.83 Å². The number of allylic oxidation sites excluding steroid dienone is 1. The fraction of sp³-hybridized carbons (Fsp3) is 0.130. The molecule has 3 aromatic carbocycles. The first kappa shape index (κ1) is 16.4. The van der Waals surface area contributed by atoms with Gasteiger partial charge in [0.25, 0.3) is 0 Å². The Morgan fingerprint density at radius 1 is 0.800 bits per heavy atom. The molecule has 1 unspecified atom stereocenters. The highest BCUT2D eigenvalue weighted by atomic mass is 35.6. The quantitative estimate of drug-likeness (QED) is 0.447.